The van der Waals surface area contributed by atoms with Crippen molar-refractivity contribution in [1.29, 1.82) is 0 Å². The molecule has 8 heteroatoms. The van der Waals surface area contributed by atoms with Gasteiger partial charge in [0.05, 0.1) is 18.4 Å². The lowest BCUT2D eigenvalue weighted by molar-refractivity contribution is -0.202. The number of aliphatic hydroxyl groups excluding tert-OH is 1. The zero-order valence-corrected chi connectivity index (χ0v) is 9.85. The number of rotatable bonds is 4. The Morgan fingerprint density at radius 3 is 2.26 bits per heavy atom. The van der Waals surface area contributed by atoms with Crippen LogP contribution in [0.2, 0.25) is 0 Å². The minimum absolute atomic E-state index is 0.158. The number of carbonyl (C=O) groups excluding carboxylic acids is 1. The zero-order chi connectivity index (χ0) is 14.6. The van der Waals surface area contributed by atoms with Gasteiger partial charge in [-0.2, -0.15) is 13.2 Å². The number of hydrogen-bond donors (Lipinski definition) is 3. The summed E-state index contributed by atoms with van der Waals surface area (Å²) in [6.45, 7) is -0.977. The summed E-state index contributed by atoms with van der Waals surface area (Å²) in [7, 11) is 0. The molecule has 0 aromatic rings. The Kier molecular flexibility index (Phi) is 4.93. The van der Waals surface area contributed by atoms with Crippen molar-refractivity contribution in [1.82, 2.24) is 5.32 Å². The molecule has 0 aromatic heterocycles. The molecule has 0 spiro atoms. The van der Waals surface area contributed by atoms with Crippen molar-refractivity contribution in [3.8, 4) is 0 Å². The standard InChI is InChI=1S/C11H14F3NO4/c12-11(13,14)8(16)5-15-9(17)6-3-1-2-4-7(6)10(18)19/h1-2,6-8,16H,3-5H2,(H,15,17)(H,18,19). The second-order valence-electron chi connectivity index (χ2n) is 4.30. The molecule has 0 fully saturated rings. The first kappa shape index (κ1) is 15.5. The van der Waals surface area contributed by atoms with Crippen molar-refractivity contribution in [2.75, 3.05) is 6.54 Å². The fraction of sp³-hybridized carbons (Fsp3) is 0.636. The zero-order valence-electron chi connectivity index (χ0n) is 9.85. The topological polar surface area (TPSA) is 86.6 Å². The first-order chi connectivity index (χ1) is 8.73. The normalized spacial score (nSPS) is 24.8. The molecule has 1 aliphatic carbocycles. The molecule has 0 heterocycles. The molecule has 1 aliphatic rings. The predicted molar refractivity (Wildman–Crippen MR) is 58.1 cm³/mol. The van der Waals surface area contributed by atoms with Gasteiger partial charge in [0.15, 0.2) is 6.10 Å². The molecule has 19 heavy (non-hydrogen) atoms. The Morgan fingerprint density at radius 2 is 1.79 bits per heavy atom. The van der Waals surface area contributed by atoms with E-state index in [1.807, 2.05) is 5.32 Å². The van der Waals surface area contributed by atoms with Crippen molar-refractivity contribution < 1.29 is 33.0 Å². The summed E-state index contributed by atoms with van der Waals surface area (Å²) < 4.78 is 36.1. The third-order valence-electron chi connectivity index (χ3n) is 2.93. The molecular formula is C11H14F3NO4. The number of aliphatic carboxylic acids is 1. The molecule has 3 N–H and O–H groups in total. The summed E-state index contributed by atoms with van der Waals surface area (Å²) in [6, 6.07) is 0. The van der Waals surface area contributed by atoms with E-state index in [0.717, 1.165) is 0 Å². The third-order valence-corrected chi connectivity index (χ3v) is 2.93. The van der Waals surface area contributed by atoms with Gasteiger partial charge in [-0.25, -0.2) is 0 Å². The van der Waals surface area contributed by atoms with E-state index in [0.29, 0.717) is 0 Å². The van der Waals surface area contributed by atoms with Crippen molar-refractivity contribution in [2.24, 2.45) is 11.8 Å². The summed E-state index contributed by atoms with van der Waals surface area (Å²) in [4.78, 5) is 22.6. The number of carboxylic acids is 1. The minimum atomic E-state index is -4.81. The Bertz CT molecular complexity index is 381. The molecule has 0 aliphatic heterocycles. The van der Waals surface area contributed by atoms with Crippen LogP contribution < -0.4 is 5.32 Å². The van der Waals surface area contributed by atoms with Crippen LogP contribution in [0.4, 0.5) is 13.2 Å². The maximum absolute atomic E-state index is 12.0. The number of nitrogens with one attached hydrogen (secondary N) is 1. The second kappa shape index (κ2) is 6.05. The molecule has 3 atom stereocenters. The molecule has 1 amide bonds. The van der Waals surface area contributed by atoms with Crippen LogP contribution >= 0.6 is 0 Å². The SMILES string of the molecule is O=C(O)C1CC=CCC1C(=O)NCC(O)C(F)(F)F. The average molecular weight is 281 g/mol. The van der Waals surface area contributed by atoms with Gasteiger partial charge in [0, 0.05) is 0 Å². The highest BCUT2D eigenvalue weighted by atomic mass is 19.4. The van der Waals surface area contributed by atoms with Gasteiger partial charge in [-0.3, -0.25) is 9.59 Å². The number of amides is 1. The summed E-state index contributed by atoms with van der Waals surface area (Å²) in [5.41, 5.74) is 0. The molecule has 108 valence electrons. The van der Waals surface area contributed by atoms with Gasteiger partial charge in [-0.15, -0.1) is 0 Å². The van der Waals surface area contributed by atoms with E-state index in [4.69, 9.17) is 10.2 Å². The maximum Gasteiger partial charge on any atom is 0.416 e. The smallest absolute Gasteiger partial charge is 0.416 e. The predicted octanol–water partition coefficient (Wildman–Crippen LogP) is 0.693. The van der Waals surface area contributed by atoms with Crippen LogP contribution in [0.25, 0.3) is 0 Å². The molecule has 0 saturated carbocycles. The lowest BCUT2D eigenvalue weighted by Gasteiger charge is -2.25. The molecule has 1 rings (SSSR count). The molecular weight excluding hydrogens is 267 g/mol. The summed E-state index contributed by atoms with van der Waals surface area (Å²) in [6.07, 6.45) is -3.91. The average Bonchev–Trinajstić information content (AvgIpc) is 2.34. The van der Waals surface area contributed by atoms with Gasteiger partial charge < -0.3 is 15.5 Å². The van der Waals surface area contributed by atoms with Crippen LogP contribution in [-0.4, -0.2) is 40.9 Å². The molecule has 0 saturated heterocycles. The molecule has 3 unspecified atom stereocenters. The first-order valence-electron chi connectivity index (χ1n) is 5.63. The van der Waals surface area contributed by atoms with E-state index in [9.17, 15) is 22.8 Å². The molecule has 0 aromatic carbocycles. The van der Waals surface area contributed by atoms with E-state index in [1.54, 1.807) is 12.2 Å². The van der Waals surface area contributed by atoms with Crippen molar-refractivity contribution in [3.63, 3.8) is 0 Å². The number of carbonyl (C=O) groups is 2. The number of halogens is 3. The number of carboxylic acid groups (broad SMARTS) is 1. The Balaban J connectivity index is 2.57. The number of allylic oxidation sites excluding steroid dienone is 2. The van der Waals surface area contributed by atoms with Crippen molar-refractivity contribution in [2.45, 2.75) is 25.1 Å². The van der Waals surface area contributed by atoms with Gasteiger partial charge in [0.1, 0.15) is 0 Å². The quantitative estimate of drug-likeness (QED) is 0.662. The fourth-order valence-electron chi connectivity index (χ4n) is 1.82. The van der Waals surface area contributed by atoms with Crippen molar-refractivity contribution >= 4 is 11.9 Å². The fourth-order valence-corrected chi connectivity index (χ4v) is 1.82. The third kappa shape index (κ3) is 4.23. The highest BCUT2D eigenvalue weighted by Gasteiger charge is 2.39. The Morgan fingerprint density at radius 1 is 1.26 bits per heavy atom. The van der Waals surface area contributed by atoms with Crippen LogP contribution in [0.5, 0.6) is 0 Å². The summed E-state index contributed by atoms with van der Waals surface area (Å²) >= 11 is 0. The largest absolute Gasteiger partial charge is 0.481 e. The number of alkyl halides is 3. The first-order valence-corrected chi connectivity index (χ1v) is 5.63. The lowest BCUT2D eigenvalue weighted by Crippen LogP contribution is -2.45. The van der Waals surface area contributed by atoms with Gasteiger partial charge in [-0.1, -0.05) is 12.2 Å². The molecule has 0 radical (unpaired) electrons. The number of hydrogen-bond acceptors (Lipinski definition) is 3. The van der Waals surface area contributed by atoms with Crippen molar-refractivity contribution in [3.05, 3.63) is 12.2 Å². The lowest BCUT2D eigenvalue weighted by atomic mass is 9.82. The summed E-state index contributed by atoms with van der Waals surface area (Å²) in [5, 5.41) is 19.6. The van der Waals surface area contributed by atoms with Gasteiger partial charge in [0.2, 0.25) is 5.91 Å². The van der Waals surface area contributed by atoms with E-state index >= 15 is 0 Å². The van der Waals surface area contributed by atoms with E-state index in [1.165, 1.54) is 0 Å². The van der Waals surface area contributed by atoms with Gasteiger partial charge in [-0.05, 0) is 12.8 Å². The Hall–Kier alpha value is -1.57. The maximum atomic E-state index is 12.0. The van der Waals surface area contributed by atoms with Crippen LogP contribution in [0.3, 0.4) is 0 Å². The van der Waals surface area contributed by atoms with Crippen LogP contribution in [0, 0.1) is 11.8 Å². The van der Waals surface area contributed by atoms with Gasteiger partial charge in [0.25, 0.3) is 0 Å². The molecule has 5 nitrogen and oxygen atoms in total. The number of aliphatic hydroxyl groups is 1. The minimum Gasteiger partial charge on any atom is -0.481 e. The van der Waals surface area contributed by atoms with Crippen LogP contribution in [0.15, 0.2) is 12.2 Å². The van der Waals surface area contributed by atoms with Crippen LogP contribution in [-0.2, 0) is 9.59 Å². The monoisotopic (exact) mass is 281 g/mol. The second-order valence-corrected chi connectivity index (χ2v) is 4.30. The van der Waals surface area contributed by atoms with Gasteiger partial charge >= 0.3 is 12.1 Å². The summed E-state index contributed by atoms with van der Waals surface area (Å²) in [5.74, 6) is -3.82. The van der Waals surface area contributed by atoms with E-state index < -0.39 is 42.5 Å². The molecule has 0 bridgehead atoms. The van der Waals surface area contributed by atoms with Crippen LogP contribution in [0.1, 0.15) is 12.8 Å². The highest BCUT2D eigenvalue weighted by Crippen LogP contribution is 2.26. The highest BCUT2D eigenvalue weighted by molar-refractivity contribution is 5.85. The van der Waals surface area contributed by atoms with E-state index in [2.05, 4.69) is 0 Å². The Labute approximate surface area is 107 Å². The van der Waals surface area contributed by atoms with E-state index in [-0.39, 0.29) is 12.8 Å².